The van der Waals surface area contributed by atoms with Gasteiger partial charge < -0.3 is 14.7 Å². The van der Waals surface area contributed by atoms with Crippen LogP contribution in [0.25, 0.3) is 31.6 Å². The monoisotopic (exact) mass is 412 g/mol. The second-order valence-corrected chi connectivity index (χ2v) is 8.18. The maximum Gasteiger partial charge on any atom is 0.162 e. The van der Waals surface area contributed by atoms with Crippen LogP contribution in [0.3, 0.4) is 0 Å². The number of nitrogens with zero attached hydrogens (tertiary/aromatic N) is 2. The van der Waals surface area contributed by atoms with E-state index in [4.69, 9.17) is 9.72 Å². The number of para-hydroxylation sites is 1. The smallest absolute Gasteiger partial charge is 0.162 e. The van der Waals surface area contributed by atoms with Crippen LogP contribution < -0.4 is 9.64 Å². The third-order valence-electron chi connectivity index (χ3n) is 5.30. The number of aromatic nitrogens is 1. The van der Waals surface area contributed by atoms with E-state index in [0.717, 1.165) is 32.8 Å². The second-order valence-electron chi connectivity index (χ2n) is 7.15. The molecule has 0 amide bonds. The highest BCUT2D eigenvalue weighted by Gasteiger charge is 2.10. The molecular weight excluding hydrogens is 392 g/mol. The van der Waals surface area contributed by atoms with Crippen molar-refractivity contribution in [3.05, 3.63) is 78.9 Å². The SMILES string of the molecule is COc1cc(N(C)c2ccc3cc(-c4nc5ccccc5s4)ccc3c2)ccc1O. The number of phenols is 1. The Hall–Kier alpha value is -3.57. The van der Waals surface area contributed by atoms with Crippen molar-refractivity contribution in [3.63, 3.8) is 0 Å². The highest BCUT2D eigenvalue weighted by molar-refractivity contribution is 7.21. The number of benzene rings is 4. The summed E-state index contributed by atoms with van der Waals surface area (Å²) in [7, 11) is 3.56. The number of methoxy groups -OCH3 is 1. The van der Waals surface area contributed by atoms with Gasteiger partial charge in [-0.3, -0.25) is 0 Å². The molecule has 0 atom stereocenters. The van der Waals surface area contributed by atoms with Gasteiger partial charge in [-0.25, -0.2) is 4.98 Å². The normalized spacial score (nSPS) is 11.1. The van der Waals surface area contributed by atoms with Crippen molar-refractivity contribution < 1.29 is 9.84 Å². The van der Waals surface area contributed by atoms with E-state index in [9.17, 15) is 5.11 Å². The molecule has 1 heterocycles. The van der Waals surface area contributed by atoms with Gasteiger partial charge >= 0.3 is 0 Å². The zero-order valence-electron chi connectivity index (χ0n) is 16.7. The van der Waals surface area contributed by atoms with Crippen LogP contribution in [0, 0.1) is 0 Å². The molecule has 1 aromatic heterocycles. The standard InChI is InChI=1S/C25H20N2O2S/c1-27(20-11-12-22(28)23(15-20)29-2)19-10-9-16-13-18(8-7-17(16)14-19)25-26-21-5-3-4-6-24(21)30-25/h3-15,28H,1-2H3. The van der Waals surface area contributed by atoms with Crippen LogP contribution in [-0.2, 0) is 0 Å². The van der Waals surface area contributed by atoms with E-state index >= 15 is 0 Å². The fourth-order valence-corrected chi connectivity index (χ4v) is 4.56. The Kier molecular flexibility index (Phi) is 4.52. The largest absolute Gasteiger partial charge is 0.504 e. The Morgan fingerprint density at radius 3 is 2.43 bits per heavy atom. The van der Waals surface area contributed by atoms with E-state index in [-0.39, 0.29) is 5.75 Å². The van der Waals surface area contributed by atoms with E-state index in [1.807, 2.05) is 31.3 Å². The van der Waals surface area contributed by atoms with E-state index < -0.39 is 0 Å². The first kappa shape index (κ1) is 18.5. The number of phenolic OH excluding ortho intramolecular Hbond substituents is 1. The molecular formula is C25H20N2O2S. The average molecular weight is 413 g/mol. The number of hydrogen-bond acceptors (Lipinski definition) is 5. The number of hydrogen-bond donors (Lipinski definition) is 1. The van der Waals surface area contributed by atoms with Gasteiger partial charge in [-0.05, 0) is 53.2 Å². The average Bonchev–Trinajstić information content (AvgIpc) is 3.22. The van der Waals surface area contributed by atoms with Gasteiger partial charge in [0.1, 0.15) is 5.01 Å². The Morgan fingerprint density at radius 1 is 0.867 bits per heavy atom. The highest BCUT2D eigenvalue weighted by atomic mass is 32.1. The van der Waals surface area contributed by atoms with Crippen molar-refractivity contribution in [2.75, 3.05) is 19.1 Å². The van der Waals surface area contributed by atoms with Gasteiger partial charge in [0.25, 0.3) is 0 Å². The van der Waals surface area contributed by atoms with E-state index in [2.05, 4.69) is 53.4 Å². The quantitative estimate of drug-likeness (QED) is 0.361. The zero-order valence-corrected chi connectivity index (χ0v) is 17.5. The van der Waals surface area contributed by atoms with Crippen LogP contribution in [-0.4, -0.2) is 24.2 Å². The van der Waals surface area contributed by atoms with Gasteiger partial charge in [0.2, 0.25) is 0 Å². The molecule has 4 nitrogen and oxygen atoms in total. The summed E-state index contributed by atoms with van der Waals surface area (Å²) in [6.45, 7) is 0. The third-order valence-corrected chi connectivity index (χ3v) is 6.39. The maximum atomic E-state index is 9.85. The van der Waals surface area contributed by atoms with Crippen LogP contribution >= 0.6 is 11.3 Å². The Morgan fingerprint density at radius 2 is 1.60 bits per heavy atom. The minimum Gasteiger partial charge on any atom is -0.504 e. The summed E-state index contributed by atoms with van der Waals surface area (Å²) >= 11 is 1.72. The Balaban J connectivity index is 1.50. The van der Waals surface area contributed by atoms with Gasteiger partial charge in [-0.2, -0.15) is 0 Å². The van der Waals surface area contributed by atoms with Crippen molar-refractivity contribution in [1.29, 1.82) is 0 Å². The molecule has 0 bridgehead atoms. The molecule has 148 valence electrons. The summed E-state index contributed by atoms with van der Waals surface area (Å²) in [5.74, 6) is 0.594. The van der Waals surface area contributed by atoms with Gasteiger partial charge in [0.05, 0.1) is 17.3 Å². The number of rotatable bonds is 4. The van der Waals surface area contributed by atoms with Crippen molar-refractivity contribution in [2.45, 2.75) is 0 Å². The molecule has 0 fully saturated rings. The lowest BCUT2D eigenvalue weighted by Crippen LogP contribution is -2.09. The minimum atomic E-state index is 0.135. The summed E-state index contributed by atoms with van der Waals surface area (Å²) in [6, 6.07) is 26.5. The number of ether oxygens (including phenoxy) is 1. The number of aromatic hydroxyl groups is 1. The minimum absolute atomic E-state index is 0.135. The molecule has 4 aromatic carbocycles. The lowest BCUT2D eigenvalue weighted by Gasteiger charge is -2.21. The predicted octanol–water partition coefficient (Wildman–Crippen LogP) is 6.60. The fourth-order valence-electron chi connectivity index (χ4n) is 3.59. The predicted molar refractivity (Wildman–Crippen MR) is 125 cm³/mol. The van der Waals surface area contributed by atoms with Crippen LogP contribution in [0.15, 0.2) is 78.9 Å². The number of thiazole rings is 1. The first-order chi connectivity index (χ1) is 14.6. The summed E-state index contributed by atoms with van der Waals surface area (Å²) in [5, 5.41) is 13.2. The summed E-state index contributed by atoms with van der Waals surface area (Å²) in [4.78, 5) is 6.85. The highest BCUT2D eigenvalue weighted by Crippen LogP contribution is 2.35. The zero-order chi connectivity index (χ0) is 20.7. The maximum absolute atomic E-state index is 9.85. The Labute approximate surface area is 178 Å². The first-order valence-electron chi connectivity index (χ1n) is 9.63. The molecule has 0 radical (unpaired) electrons. The van der Waals surface area contributed by atoms with Gasteiger partial charge in [-0.15, -0.1) is 11.3 Å². The molecule has 5 rings (SSSR count). The van der Waals surface area contributed by atoms with Crippen LogP contribution in [0.2, 0.25) is 0 Å². The molecule has 0 saturated carbocycles. The molecule has 5 heteroatoms. The van der Waals surface area contributed by atoms with Crippen molar-refractivity contribution in [3.8, 4) is 22.1 Å². The number of fused-ring (bicyclic) bond motifs is 2. The van der Waals surface area contributed by atoms with Crippen LogP contribution in [0.5, 0.6) is 11.5 Å². The van der Waals surface area contributed by atoms with Crippen LogP contribution in [0.1, 0.15) is 0 Å². The lowest BCUT2D eigenvalue weighted by atomic mass is 10.1. The van der Waals surface area contributed by atoms with E-state index in [1.54, 1.807) is 24.5 Å². The molecule has 0 saturated heterocycles. The molecule has 1 N–H and O–H groups in total. The fraction of sp³-hybridized carbons (Fsp3) is 0.0800. The van der Waals surface area contributed by atoms with Crippen molar-refractivity contribution in [2.24, 2.45) is 0 Å². The topological polar surface area (TPSA) is 45.6 Å². The first-order valence-corrected chi connectivity index (χ1v) is 10.4. The summed E-state index contributed by atoms with van der Waals surface area (Å²) in [5.41, 5.74) is 4.17. The van der Waals surface area contributed by atoms with Gasteiger partial charge in [0, 0.05) is 30.1 Å². The summed E-state index contributed by atoms with van der Waals surface area (Å²) < 4.78 is 6.44. The van der Waals surface area contributed by atoms with Gasteiger partial charge in [-0.1, -0.05) is 30.3 Å². The molecule has 0 unspecified atom stereocenters. The second kappa shape index (κ2) is 7.35. The molecule has 0 aliphatic carbocycles. The molecule has 5 aromatic rings. The summed E-state index contributed by atoms with van der Waals surface area (Å²) in [6.07, 6.45) is 0. The van der Waals surface area contributed by atoms with Crippen molar-refractivity contribution >= 4 is 43.7 Å². The lowest BCUT2D eigenvalue weighted by molar-refractivity contribution is 0.373. The van der Waals surface area contributed by atoms with E-state index in [1.165, 1.54) is 10.1 Å². The van der Waals surface area contributed by atoms with Crippen LogP contribution in [0.4, 0.5) is 11.4 Å². The molecule has 0 aliphatic heterocycles. The number of anilines is 2. The molecule has 30 heavy (non-hydrogen) atoms. The van der Waals surface area contributed by atoms with E-state index in [0.29, 0.717) is 5.75 Å². The molecule has 0 aliphatic rings. The van der Waals surface area contributed by atoms with Gasteiger partial charge in [0.15, 0.2) is 11.5 Å². The van der Waals surface area contributed by atoms with Crippen molar-refractivity contribution in [1.82, 2.24) is 4.98 Å². The Bertz CT molecular complexity index is 1340. The third kappa shape index (κ3) is 3.23. The molecule has 0 spiro atoms.